The molecule has 17 heavy (non-hydrogen) atoms. The summed E-state index contributed by atoms with van der Waals surface area (Å²) in [5.41, 5.74) is 6.36. The zero-order valence-corrected chi connectivity index (χ0v) is 10.5. The summed E-state index contributed by atoms with van der Waals surface area (Å²) in [5, 5.41) is 3.21. The Balaban J connectivity index is 2.62. The normalized spacial score (nSPS) is 10.6. The third-order valence-corrected chi connectivity index (χ3v) is 2.16. The first-order chi connectivity index (χ1) is 8.00. The minimum atomic E-state index is -0.524. The molecule has 1 aromatic rings. The highest BCUT2D eigenvalue weighted by molar-refractivity contribution is 5.95. The molecule has 0 bridgehead atoms. The lowest BCUT2D eigenvalue weighted by molar-refractivity contribution is 0.0995. The van der Waals surface area contributed by atoms with Gasteiger partial charge in [-0.15, -0.1) is 0 Å². The molecular weight excluding hydrogens is 218 g/mol. The molecule has 94 valence electrons. The molecule has 1 amide bonds. The highest BCUT2D eigenvalue weighted by atomic mass is 16.5. The molecule has 0 fully saturated rings. The van der Waals surface area contributed by atoms with E-state index < -0.39 is 5.91 Å². The summed E-state index contributed by atoms with van der Waals surface area (Å²) >= 11 is 0. The number of pyridine rings is 1. The summed E-state index contributed by atoms with van der Waals surface area (Å²) in [4.78, 5) is 15.3. The molecule has 0 radical (unpaired) electrons. The quantitative estimate of drug-likeness (QED) is 0.720. The molecule has 0 aliphatic rings. The lowest BCUT2D eigenvalue weighted by atomic mass is 10.2. The van der Waals surface area contributed by atoms with Crippen LogP contribution in [0.5, 0.6) is 5.88 Å². The maximum absolute atomic E-state index is 11.2. The largest absolute Gasteiger partial charge is 0.476 e. The van der Waals surface area contributed by atoms with E-state index in [-0.39, 0.29) is 0 Å². The van der Waals surface area contributed by atoms with E-state index in [0.717, 1.165) is 5.69 Å². The number of aromatic nitrogens is 1. The van der Waals surface area contributed by atoms with Gasteiger partial charge in [0.1, 0.15) is 12.2 Å². The van der Waals surface area contributed by atoms with Crippen LogP contribution in [0.2, 0.25) is 0 Å². The van der Waals surface area contributed by atoms with Gasteiger partial charge >= 0.3 is 0 Å². The number of hydrogen-bond acceptors (Lipinski definition) is 4. The molecule has 1 rings (SSSR count). The Labute approximate surface area is 101 Å². The average Bonchev–Trinajstić information content (AvgIpc) is 2.23. The Morgan fingerprint density at radius 2 is 2.24 bits per heavy atom. The van der Waals surface area contributed by atoms with Crippen molar-refractivity contribution in [1.29, 1.82) is 0 Å². The molecule has 0 atom stereocenters. The van der Waals surface area contributed by atoms with E-state index >= 15 is 0 Å². The van der Waals surface area contributed by atoms with Crippen LogP contribution in [-0.2, 0) is 0 Å². The lowest BCUT2D eigenvalue weighted by Crippen LogP contribution is -2.28. The van der Waals surface area contributed by atoms with E-state index in [2.05, 4.69) is 24.1 Å². The van der Waals surface area contributed by atoms with E-state index in [1.165, 1.54) is 0 Å². The molecule has 0 saturated heterocycles. The Morgan fingerprint density at radius 1 is 1.53 bits per heavy atom. The molecule has 0 aliphatic heterocycles. The third kappa shape index (κ3) is 4.40. The van der Waals surface area contributed by atoms with Crippen molar-refractivity contribution in [2.24, 2.45) is 5.73 Å². The second kappa shape index (κ2) is 6.20. The molecule has 1 heterocycles. The number of rotatable bonds is 6. The fourth-order valence-electron chi connectivity index (χ4n) is 1.33. The number of nitrogens with zero attached hydrogens (tertiary/aromatic N) is 1. The highest BCUT2D eigenvalue weighted by Crippen LogP contribution is 2.15. The third-order valence-electron chi connectivity index (χ3n) is 2.16. The molecule has 3 N–H and O–H groups in total. The number of nitrogens with two attached hydrogens (primary N) is 1. The van der Waals surface area contributed by atoms with Gasteiger partial charge in [-0.2, -0.15) is 0 Å². The van der Waals surface area contributed by atoms with Gasteiger partial charge in [-0.25, -0.2) is 4.98 Å². The second-order valence-electron chi connectivity index (χ2n) is 4.13. The Bertz CT molecular complexity index is 391. The zero-order valence-electron chi connectivity index (χ0n) is 10.5. The molecule has 5 heteroatoms. The molecule has 0 aliphatic carbocycles. The summed E-state index contributed by atoms with van der Waals surface area (Å²) in [6.45, 7) is 7.10. The van der Waals surface area contributed by atoms with Gasteiger partial charge < -0.3 is 15.8 Å². The number of amides is 1. The zero-order chi connectivity index (χ0) is 12.8. The van der Waals surface area contributed by atoms with Crippen molar-refractivity contribution in [1.82, 2.24) is 10.3 Å². The van der Waals surface area contributed by atoms with Crippen molar-refractivity contribution in [3.8, 4) is 5.88 Å². The predicted octanol–water partition coefficient (Wildman–Crippen LogP) is 0.866. The molecule has 5 nitrogen and oxygen atoms in total. The van der Waals surface area contributed by atoms with Crippen LogP contribution >= 0.6 is 0 Å². The molecule has 0 unspecified atom stereocenters. The summed E-state index contributed by atoms with van der Waals surface area (Å²) in [6, 6.07) is 3.77. The summed E-state index contributed by atoms with van der Waals surface area (Å²) in [7, 11) is 0. The van der Waals surface area contributed by atoms with Gasteiger partial charge in [0.05, 0.1) is 0 Å². The number of ether oxygens (including phenoxy) is 1. The van der Waals surface area contributed by atoms with E-state index in [4.69, 9.17) is 10.5 Å². The van der Waals surface area contributed by atoms with Crippen molar-refractivity contribution in [3.63, 3.8) is 0 Å². The summed E-state index contributed by atoms with van der Waals surface area (Å²) in [5.74, 6) is -0.215. The van der Waals surface area contributed by atoms with Gasteiger partial charge in [0, 0.05) is 18.3 Å². The SMILES string of the molecule is Cc1ccc(C(N)=O)c(OCCNC(C)C)n1. The highest BCUT2D eigenvalue weighted by Gasteiger charge is 2.10. The Kier molecular flexibility index (Phi) is 4.90. The minimum Gasteiger partial charge on any atom is -0.476 e. The fourth-order valence-corrected chi connectivity index (χ4v) is 1.33. The smallest absolute Gasteiger partial charge is 0.254 e. The lowest BCUT2D eigenvalue weighted by Gasteiger charge is -2.11. The fraction of sp³-hybridized carbons (Fsp3) is 0.500. The van der Waals surface area contributed by atoms with Crippen LogP contribution < -0.4 is 15.8 Å². The maximum Gasteiger partial charge on any atom is 0.254 e. The Hall–Kier alpha value is -1.62. The van der Waals surface area contributed by atoms with Crippen molar-refractivity contribution < 1.29 is 9.53 Å². The van der Waals surface area contributed by atoms with Crippen molar-refractivity contribution in [2.45, 2.75) is 26.8 Å². The van der Waals surface area contributed by atoms with Gasteiger partial charge in [-0.1, -0.05) is 13.8 Å². The van der Waals surface area contributed by atoms with Crippen molar-refractivity contribution >= 4 is 5.91 Å². The first-order valence-electron chi connectivity index (χ1n) is 5.64. The monoisotopic (exact) mass is 237 g/mol. The maximum atomic E-state index is 11.2. The van der Waals surface area contributed by atoms with E-state index in [1.54, 1.807) is 12.1 Å². The summed E-state index contributed by atoms with van der Waals surface area (Å²) in [6.07, 6.45) is 0. The number of hydrogen-bond donors (Lipinski definition) is 2. The van der Waals surface area contributed by atoms with Crippen LogP contribution in [0.3, 0.4) is 0 Å². The van der Waals surface area contributed by atoms with Gasteiger partial charge in [0.15, 0.2) is 0 Å². The van der Waals surface area contributed by atoms with E-state index in [0.29, 0.717) is 30.6 Å². The predicted molar refractivity (Wildman–Crippen MR) is 66.1 cm³/mol. The molecule has 1 aromatic heterocycles. The van der Waals surface area contributed by atoms with E-state index in [1.807, 2.05) is 6.92 Å². The molecule has 0 aromatic carbocycles. The Morgan fingerprint density at radius 3 is 2.82 bits per heavy atom. The van der Waals surface area contributed by atoms with Crippen LogP contribution in [0, 0.1) is 6.92 Å². The number of primary amides is 1. The topological polar surface area (TPSA) is 77.2 Å². The number of carbonyl (C=O) groups excluding carboxylic acids is 1. The average molecular weight is 237 g/mol. The first kappa shape index (κ1) is 13.4. The molecule has 0 spiro atoms. The van der Waals surface area contributed by atoms with Crippen molar-refractivity contribution in [3.05, 3.63) is 23.4 Å². The van der Waals surface area contributed by atoms with Crippen LogP contribution in [-0.4, -0.2) is 30.1 Å². The second-order valence-corrected chi connectivity index (χ2v) is 4.13. The molecule has 0 saturated carbocycles. The number of aryl methyl sites for hydroxylation is 1. The minimum absolute atomic E-state index is 0.308. The van der Waals surface area contributed by atoms with Crippen LogP contribution in [0.4, 0.5) is 0 Å². The van der Waals surface area contributed by atoms with Crippen LogP contribution in [0.25, 0.3) is 0 Å². The van der Waals surface area contributed by atoms with Crippen molar-refractivity contribution in [2.75, 3.05) is 13.2 Å². The van der Waals surface area contributed by atoms with E-state index in [9.17, 15) is 4.79 Å². The molecular formula is C12H19N3O2. The van der Waals surface area contributed by atoms with Crippen LogP contribution in [0.1, 0.15) is 29.9 Å². The van der Waals surface area contributed by atoms with Gasteiger partial charge in [0.25, 0.3) is 5.91 Å². The number of nitrogens with one attached hydrogen (secondary N) is 1. The first-order valence-corrected chi connectivity index (χ1v) is 5.64. The number of carbonyl (C=O) groups is 1. The standard InChI is InChI=1S/C12H19N3O2/c1-8(2)14-6-7-17-12-10(11(13)16)5-4-9(3)15-12/h4-5,8,14H,6-7H2,1-3H3,(H2,13,16). The van der Waals surface area contributed by atoms with Crippen LogP contribution in [0.15, 0.2) is 12.1 Å². The van der Waals surface area contributed by atoms with Gasteiger partial charge in [-0.3, -0.25) is 4.79 Å². The van der Waals surface area contributed by atoms with Gasteiger partial charge in [0.2, 0.25) is 5.88 Å². The summed E-state index contributed by atoms with van der Waals surface area (Å²) < 4.78 is 5.46. The van der Waals surface area contributed by atoms with Gasteiger partial charge in [-0.05, 0) is 19.1 Å².